The molecule has 24 heavy (non-hydrogen) atoms. The predicted molar refractivity (Wildman–Crippen MR) is 96.2 cm³/mol. The standard InChI is InChI=1S/C15H22N4O3S.ClH/c1-16-9-5-11-17-14(20)8-4-10-18-15-12-6-2-3-7-13(12)23(21,22)19-15;/h2-3,6-7,16H,4-5,8-11H2,1H3,(H,17,20)(H,18,19);1H. The normalized spacial score (nSPS) is 16.1. The van der Waals surface area contributed by atoms with Gasteiger partial charge in [0, 0.05) is 25.1 Å². The van der Waals surface area contributed by atoms with Crippen molar-refractivity contribution in [3.63, 3.8) is 0 Å². The number of amidine groups is 1. The van der Waals surface area contributed by atoms with Crippen molar-refractivity contribution in [1.29, 1.82) is 0 Å². The van der Waals surface area contributed by atoms with Gasteiger partial charge in [-0.15, -0.1) is 12.4 Å². The van der Waals surface area contributed by atoms with Gasteiger partial charge in [0.25, 0.3) is 10.0 Å². The SMILES string of the molecule is CNCCCNC(=O)CCCN=C1NS(=O)(=O)c2ccccc21.Cl. The van der Waals surface area contributed by atoms with Gasteiger partial charge in [-0.1, -0.05) is 12.1 Å². The van der Waals surface area contributed by atoms with E-state index in [-0.39, 0.29) is 23.2 Å². The molecule has 0 aliphatic carbocycles. The van der Waals surface area contributed by atoms with Gasteiger partial charge >= 0.3 is 0 Å². The third-order valence-corrected chi connectivity index (χ3v) is 4.82. The summed E-state index contributed by atoms with van der Waals surface area (Å²) in [6.45, 7) is 1.92. The molecule has 1 aliphatic heterocycles. The Morgan fingerprint density at radius 2 is 1.96 bits per heavy atom. The highest BCUT2D eigenvalue weighted by molar-refractivity contribution is 7.90. The molecule has 0 aromatic heterocycles. The Morgan fingerprint density at radius 3 is 2.71 bits per heavy atom. The highest BCUT2D eigenvalue weighted by atomic mass is 35.5. The smallest absolute Gasteiger partial charge is 0.263 e. The number of rotatable bonds is 8. The number of hydrogen-bond donors (Lipinski definition) is 3. The largest absolute Gasteiger partial charge is 0.356 e. The van der Waals surface area contributed by atoms with E-state index in [9.17, 15) is 13.2 Å². The first-order valence-electron chi connectivity index (χ1n) is 7.62. The van der Waals surface area contributed by atoms with Crippen molar-refractivity contribution in [3.05, 3.63) is 29.8 Å². The van der Waals surface area contributed by atoms with E-state index in [0.717, 1.165) is 13.0 Å². The lowest BCUT2D eigenvalue weighted by Crippen LogP contribution is -2.26. The maximum atomic E-state index is 11.9. The maximum absolute atomic E-state index is 11.9. The number of aliphatic imine (C=N–C) groups is 1. The fraction of sp³-hybridized carbons (Fsp3) is 0.467. The van der Waals surface area contributed by atoms with Crippen LogP contribution in [0.3, 0.4) is 0 Å². The Kier molecular flexibility index (Phi) is 8.17. The second kappa shape index (κ2) is 9.61. The molecule has 0 saturated carbocycles. The molecule has 0 fully saturated rings. The minimum Gasteiger partial charge on any atom is -0.356 e. The minimum atomic E-state index is -3.49. The molecule has 0 atom stereocenters. The summed E-state index contributed by atoms with van der Waals surface area (Å²) in [4.78, 5) is 16.1. The zero-order valence-corrected chi connectivity index (χ0v) is 15.2. The van der Waals surface area contributed by atoms with E-state index in [4.69, 9.17) is 0 Å². The number of hydrogen-bond acceptors (Lipinski definition) is 5. The molecule has 134 valence electrons. The van der Waals surface area contributed by atoms with Gasteiger partial charge in [0.2, 0.25) is 5.91 Å². The summed E-state index contributed by atoms with van der Waals surface area (Å²) in [5.41, 5.74) is 0.587. The zero-order valence-electron chi connectivity index (χ0n) is 13.5. The van der Waals surface area contributed by atoms with Gasteiger partial charge in [0.15, 0.2) is 0 Å². The van der Waals surface area contributed by atoms with Gasteiger partial charge in [-0.3, -0.25) is 14.5 Å². The first kappa shape index (κ1) is 20.4. The van der Waals surface area contributed by atoms with Crippen LogP contribution < -0.4 is 15.4 Å². The monoisotopic (exact) mass is 374 g/mol. The predicted octanol–water partition coefficient (Wildman–Crippen LogP) is 0.653. The van der Waals surface area contributed by atoms with E-state index in [0.29, 0.717) is 37.3 Å². The second-order valence-corrected chi connectivity index (χ2v) is 6.89. The molecule has 3 N–H and O–H groups in total. The number of halogens is 1. The van der Waals surface area contributed by atoms with E-state index < -0.39 is 10.0 Å². The number of nitrogens with zero attached hydrogens (tertiary/aromatic N) is 1. The summed E-state index contributed by atoms with van der Waals surface area (Å²) in [6, 6.07) is 6.73. The van der Waals surface area contributed by atoms with Crippen LogP contribution in [0.1, 0.15) is 24.8 Å². The van der Waals surface area contributed by atoms with Crippen molar-refractivity contribution >= 4 is 34.2 Å². The number of carbonyl (C=O) groups excluding carboxylic acids is 1. The Labute approximate surface area is 148 Å². The van der Waals surface area contributed by atoms with Gasteiger partial charge in [-0.05, 0) is 38.6 Å². The molecule has 0 unspecified atom stereocenters. The Balaban J connectivity index is 0.00000288. The molecule has 2 rings (SSSR count). The Hall–Kier alpha value is -1.64. The molecule has 1 heterocycles. The van der Waals surface area contributed by atoms with Gasteiger partial charge in [0.05, 0.1) is 4.90 Å². The molecule has 7 nitrogen and oxygen atoms in total. The molecule has 0 radical (unpaired) electrons. The van der Waals surface area contributed by atoms with Gasteiger partial charge in [0.1, 0.15) is 5.84 Å². The molecule has 0 spiro atoms. The minimum absolute atomic E-state index is 0. The number of amides is 1. The highest BCUT2D eigenvalue weighted by Gasteiger charge is 2.29. The maximum Gasteiger partial charge on any atom is 0.263 e. The lowest BCUT2D eigenvalue weighted by atomic mass is 10.2. The summed E-state index contributed by atoms with van der Waals surface area (Å²) in [5.74, 6) is 0.351. The number of carbonyl (C=O) groups is 1. The van der Waals surface area contributed by atoms with E-state index >= 15 is 0 Å². The summed E-state index contributed by atoms with van der Waals surface area (Å²) >= 11 is 0. The van der Waals surface area contributed by atoms with E-state index in [1.165, 1.54) is 0 Å². The molecule has 1 aromatic rings. The number of benzene rings is 1. The van der Waals surface area contributed by atoms with Crippen LogP contribution in [0.5, 0.6) is 0 Å². The van der Waals surface area contributed by atoms with Crippen molar-refractivity contribution in [2.24, 2.45) is 4.99 Å². The third kappa shape index (κ3) is 5.47. The summed E-state index contributed by atoms with van der Waals surface area (Å²) in [5, 5.41) is 5.85. The molecule has 0 bridgehead atoms. The van der Waals surface area contributed by atoms with Crippen LogP contribution in [0, 0.1) is 0 Å². The van der Waals surface area contributed by atoms with Crippen molar-refractivity contribution < 1.29 is 13.2 Å². The van der Waals surface area contributed by atoms with Crippen LogP contribution in [-0.4, -0.2) is 46.8 Å². The summed E-state index contributed by atoms with van der Waals surface area (Å²) in [7, 11) is -1.62. The van der Waals surface area contributed by atoms with Crippen molar-refractivity contribution in [2.45, 2.75) is 24.2 Å². The number of nitrogens with one attached hydrogen (secondary N) is 3. The quantitative estimate of drug-likeness (QED) is 0.582. The van der Waals surface area contributed by atoms with Crippen LogP contribution in [-0.2, 0) is 14.8 Å². The molecule has 0 saturated heterocycles. The highest BCUT2D eigenvalue weighted by Crippen LogP contribution is 2.22. The fourth-order valence-electron chi connectivity index (χ4n) is 2.26. The molecule has 1 aliphatic rings. The molecule has 1 amide bonds. The van der Waals surface area contributed by atoms with Crippen LogP contribution in [0.2, 0.25) is 0 Å². The third-order valence-electron chi connectivity index (χ3n) is 3.42. The lowest BCUT2D eigenvalue weighted by molar-refractivity contribution is -0.121. The molecule has 9 heteroatoms. The van der Waals surface area contributed by atoms with Crippen molar-refractivity contribution in [3.8, 4) is 0 Å². The second-order valence-electron chi connectivity index (χ2n) is 5.24. The van der Waals surface area contributed by atoms with Gasteiger partial charge in [-0.2, -0.15) is 0 Å². The van der Waals surface area contributed by atoms with Gasteiger partial charge < -0.3 is 10.6 Å². The molecule has 1 aromatic carbocycles. The average Bonchev–Trinajstić information content (AvgIpc) is 2.80. The molecular formula is C15H23ClN4O3S. The Bertz CT molecular complexity index is 692. The zero-order chi connectivity index (χ0) is 16.7. The number of fused-ring (bicyclic) bond motifs is 1. The lowest BCUT2D eigenvalue weighted by Gasteiger charge is -2.04. The van der Waals surface area contributed by atoms with E-state index in [1.807, 2.05) is 7.05 Å². The topological polar surface area (TPSA) is 99.7 Å². The van der Waals surface area contributed by atoms with E-state index in [2.05, 4.69) is 20.3 Å². The van der Waals surface area contributed by atoms with Crippen LogP contribution in [0.4, 0.5) is 0 Å². The first-order chi connectivity index (χ1) is 11.0. The summed E-state index contributed by atoms with van der Waals surface area (Å²) < 4.78 is 26.3. The van der Waals surface area contributed by atoms with Crippen molar-refractivity contribution in [2.75, 3.05) is 26.7 Å². The van der Waals surface area contributed by atoms with E-state index in [1.54, 1.807) is 24.3 Å². The average molecular weight is 375 g/mol. The Morgan fingerprint density at radius 1 is 1.21 bits per heavy atom. The van der Waals surface area contributed by atoms with Crippen LogP contribution in [0.15, 0.2) is 34.2 Å². The molecular weight excluding hydrogens is 352 g/mol. The summed E-state index contributed by atoms with van der Waals surface area (Å²) in [6.07, 6.45) is 1.85. The first-order valence-corrected chi connectivity index (χ1v) is 9.11. The fourth-order valence-corrected chi connectivity index (χ4v) is 3.51. The van der Waals surface area contributed by atoms with Crippen molar-refractivity contribution in [1.82, 2.24) is 15.4 Å². The van der Waals surface area contributed by atoms with Crippen LogP contribution >= 0.6 is 12.4 Å². The van der Waals surface area contributed by atoms with Gasteiger partial charge in [-0.25, -0.2) is 8.42 Å². The number of sulfonamides is 1. The van der Waals surface area contributed by atoms with Crippen LogP contribution in [0.25, 0.3) is 0 Å².